The molecule has 0 amide bonds. The summed E-state index contributed by atoms with van der Waals surface area (Å²) >= 11 is 0. The molecule has 58 valence electrons. The molecule has 0 radical (unpaired) electrons. The zero-order valence-electron chi connectivity index (χ0n) is 8.95. The Balaban J connectivity index is 3.69. The first-order valence-corrected chi connectivity index (χ1v) is 4.47. The molecule has 1 nitrogen and oxygen atoms in total. The Morgan fingerprint density at radius 2 is 1.00 bits per heavy atom. The van der Waals surface area contributed by atoms with E-state index in [1.807, 2.05) is 15.7 Å². The number of benzene rings is 1. The maximum atomic E-state index is 8.99. The van der Waals surface area contributed by atoms with Crippen molar-refractivity contribution in [2.75, 3.05) is 0 Å². The third kappa shape index (κ3) is 1.44. The highest BCUT2D eigenvalue weighted by Crippen LogP contribution is 1.80. The minimum absolute atomic E-state index is 0.848. The maximum Gasteiger partial charge on any atom is 0.140 e. The zero-order chi connectivity index (χ0) is 10.2. The summed E-state index contributed by atoms with van der Waals surface area (Å²) in [6.07, 6.45) is 0. The van der Waals surface area contributed by atoms with Gasteiger partial charge < -0.3 is 0 Å². The summed E-state index contributed by atoms with van der Waals surface area (Å²) in [6, 6.07) is 2.27. The number of rotatable bonds is 0. The quantitative estimate of drug-likeness (QED) is 0.348. The molecule has 0 unspecified atom stereocenters. The van der Waals surface area contributed by atoms with Gasteiger partial charge in [-0.2, -0.15) is 5.26 Å². The number of nitriles is 1. The lowest BCUT2D eigenvalue weighted by atomic mass is 9.60. The Bertz CT molecular complexity index is 377. The minimum Gasteiger partial charge on any atom is -0.192 e. The average Bonchev–Trinajstić information content (AvgIpc) is 2.13. The van der Waals surface area contributed by atoms with Gasteiger partial charge in [0.05, 0.1) is 6.07 Å². The Morgan fingerprint density at radius 1 is 0.692 bits per heavy atom. The Morgan fingerprint density at radius 3 is 1.31 bits per heavy atom. The van der Waals surface area contributed by atoms with E-state index < -0.39 is 0 Å². The molecule has 0 aliphatic carbocycles. The van der Waals surface area contributed by atoms with Crippen molar-refractivity contribution in [2.24, 2.45) is 0 Å². The van der Waals surface area contributed by atoms with E-state index in [-0.39, 0.29) is 0 Å². The summed E-state index contributed by atoms with van der Waals surface area (Å²) in [5.74, 6) is 0. The minimum atomic E-state index is 0.848. The molecule has 13 heavy (non-hydrogen) atoms. The van der Waals surface area contributed by atoms with Crippen molar-refractivity contribution in [1.82, 2.24) is 0 Å². The molecule has 0 N–H and O–H groups in total. The molecule has 0 atom stereocenters. The second kappa shape index (κ2) is 3.42. The molecule has 0 spiro atoms. The predicted octanol–water partition coefficient (Wildman–Crippen LogP) is -7.15. The van der Waals surface area contributed by atoms with Crippen molar-refractivity contribution >= 4 is 66.5 Å². The van der Waals surface area contributed by atoms with Crippen LogP contribution in [-0.4, -0.2) is 39.2 Å². The van der Waals surface area contributed by atoms with E-state index >= 15 is 0 Å². The van der Waals surface area contributed by atoms with Gasteiger partial charge in [0, 0.05) is 5.56 Å². The molecule has 1 rings (SSSR count). The fraction of sp³-hybridized carbons (Fsp3) is 0. The number of hydrogen-bond donors (Lipinski definition) is 0. The molecule has 0 bridgehead atoms. The lowest BCUT2D eigenvalue weighted by Gasteiger charge is -2.15. The first-order chi connectivity index (χ1) is 6.00. The monoisotopic (exact) mass is 163 g/mol. The van der Waals surface area contributed by atoms with Crippen LogP contribution in [0.5, 0.6) is 0 Å². The number of hydrogen-bond acceptors (Lipinski definition) is 1. The number of nitrogens with zero attached hydrogens (tertiary/aromatic N) is 1. The second-order valence-corrected chi connectivity index (χ2v) is 3.61. The Labute approximate surface area is 83.9 Å². The van der Waals surface area contributed by atoms with Crippen molar-refractivity contribution in [2.45, 2.75) is 0 Å². The van der Waals surface area contributed by atoms with Crippen LogP contribution in [0.15, 0.2) is 0 Å². The van der Waals surface area contributed by atoms with Crippen molar-refractivity contribution in [3.05, 3.63) is 5.56 Å². The molecule has 1 aromatic rings. The van der Waals surface area contributed by atoms with Gasteiger partial charge in [-0.1, -0.05) is 10.9 Å². The molecule has 0 aromatic heterocycles. The standard InChI is InChI=1S/C7H10B5N/c8-3-2(1-13)4(9)6(11)7(12)5(3)10/h8-12H2. The summed E-state index contributed by atoms with van der Waals surface area (Å²) in [5, 5.41) is 8.99. The highest BCUT2D eigenvalue weighted by atomic mass is 14.2. The maximum absolute atomic E-state index is 8.99. The van der Waals surface area contributed by atoms with E-state index in [2.05, 4.69) is 29.6 Å². The van der Waals surface area contributed by atoms with Crippen LogP contribution in [0.2, 0.25) is 0 Å². The van der Waals surface area contributed by atoms with Crippen LogP contribution >= 0.6 is 0 Å². The lowest BCUT2D eigenvalue weighted by molar-refractivity contribution is 1.52. The van der Waals surface area contributed by atoms with E-state index in [1.165, 1.54) is 16.4 Å². The summed E-state index contributed by atoms with van der Waals surface area (Å²) in [7, 11) is 10.3. The molecule has 0 fully saturated rings. The van der Waals surface area contributed by atoms with Crippen LogP contribution in [0.1, 0.15) is 5.56 Å². The molecule has 0 heterocycles. The topological polar surface area (TPSA) is 23.8 Å². The van der Waals surface area contributed by atoms with Gasteiger partial charge in [0.25, 0.3) is 0 Å². The van der Waals surface area contributed by atoms with Gasteiger partial charge in [-0.05, 0) is 0 Å². The first kappa shape index (κ1) is 10.1. The SMILES string of the molecule is Bc1c(B)c(B)c(C#N)c(B)c1B. The normalized spacial score (nSPS) is 9.46. The van der Waals surface area contributed by atoms with Crippen LogP contribution in [-0.2, 0) is 0 Å². The van der Waals surface area contributed by atoms with E-state index in [4.69, 9.17) is 5.26 Å². The third-order valence-electron chi connectivity index (χ3n) is 3.11. The van der Waals surface area contributed by atoms with Gasteiger partial charge in [0.15, 0.2) is 0 Å². The fourth-order valence-corrected chi connectivity index (χ4v) is 1.67. The Kier molecular flexibility index (Phi) is 2.66. The zero-order valence-corrected chi connectivity index (χ0v) is 8.95. The third-order valence-corrected chi connectivity index (χ3v) is 3.11. The molecule has 0 aliphatic rings. The highest BCUT2D eigenvalue weighted by molar-refractivity contribution is 6.67. The lowest BCUT2D eigenvalue weighted by Crippen LogP contribution is -2.55. The average molecular weight is 162 g/mol. The summed E-state index contributed by atoms with van der Waals surface area (Å²) in [5.41, 5.74) is 6.92. The van der Waals surface area contributed by atoms with E-state index in [0.29, 0.717) is 0 Å². The summed E-state index contributed by atoms with van der Waals surface area (Å²) < 4.78 is 0. The largest absolute Gasteiger partial charge is 0.192 e. The van der Waals surface area contributed by atoms with E-state index in [0.717, 1.165) is 16.5 Å². The van der Waals surface area contributed by atoms with Crippen LogP contribution in [0, 0.1) is 11.3 Å². The second-order valence-electron chi connectivity index (χ2n) is 3.61. The highest BCUT2D eigenvalue weighted by Gasteiger charge is 2.09. The van der Waals surface area contributed by atoms with Gasteiger partial charge >= 0.3 is 0 Å². The van der Waals surface area contributed by atoms with Crippen LogP contribution in [0.3, 0.4) is 0 Å². The van der Waals surface area contributed by atoms with Gasteiger partial charge in [0.2, 0.25) is 0 Å². The summed E-state index contributed by atoms with van der Waals surface area (Å²) in [4.78, 5) is 0. The van der Waals surface area contributed by atoms with Crippen molar-refractivity contribution < 1.29 is 0 Å². The molecule has 0 saturated carbocycles. The van der Waals surface area contributed by atoms with E-state index in [1.54, 1.807) is 0 Å². The van der Waals surface area contributed by atoms with Crippen LogP contribution < -0.4 is 27.3 Å². The first-order valence-electron chi connectivity index (χ1n) is 4.47. The van der Waals surface area contributed by atoms with E-state index in [9.17, 15) is 0 Å². The smallest absolute Gasteiger partial charge is 0.140 e. The predicted molar refractivity (Wildman–Crippen MR) is 72.0 cm³/mol. The van der Waals surface area contributed by atoms with Crippen molar-refractivity contribution in [3.63, 3.8) is 0 Å². The van der Waals surface area contributed by atoms with Gasteiger partial charge in [-0.15, -0.1) is 16.4 Å². The van der Waals surface area contributed by atoms with Crippen molar-refractivity contribution in [3.8, 4) is 6.07 Å². The summed E-state index contributed by atoms with van der Waals surface area (Å²) in [6.45, 7) is 0. The van der Waals surface area contributed by atoms with Crippen molar-refractivity contribution in [1.29, 1.82) is 5.26 Å². The molecule has 0 saturated heterocycles. The Hall–Kier alpha value is -0.965. The van der Waals surface area contributed by atoms with Crippen LogP contribution in [0.25, 0.3) is 0 Å². The van der Waals surface area contributed by atoms with Gasteiger partial charge in [-0.3, -0.25) is 0 Å². The van der Waals surface area contributed by atoms with Crippen LogP contribution in [0.4, 0.5) is 0 Å². The molecular weight excluding hydrogens is 152 g/mol. The molecular formula is C7H10B5N. The fourth-order valence-electron chi connectivity index (χ4n) is 1.67. The van der Waals surface area contributed by atoms with Gasteiger partial charge in [0.1, 0.15) is 39.2 Å². The molecule has 0 aliphatic heterocycles. The molecule has 6 heteroatoms. The van der Waals surface area contributed by atoms with Gasteiger partial charge in [-0.25, -0.2) is 0 Å². The molecule has 1 aromatic carbocycles.